The van der Waals surface area contributed by atoms with Gasteiger partial charge in [-0.2, -0.15) is 0 Å². The summed E-state index contributed by atoms with van der Waals surface area (Å²) in [7, 11) is -3.65. The second kappa shape index (κ2) is 8.42. The first-order chi connectivity index (χ1) is 14.3. The topological polar surface area (TPSA) is 66.5 Å². The third kappa shape index (κ3) is 4.38. The fraction of sp³-hybridized carbons (Fsp3) is 0.458. The van der Waals surface area contributed by atoms with E-state index in [1.165, 1.54) is 12.0 Å². The van der Waals surface area contributed by atoms with Gasteiger partial charge in [-0.3, -0.25) is 9.52 Å². The number of sulfonamides is 1. The van der Waals surface area contributed by atoms with Gasteiger partial charge >= 0.3 is 0 Å². The normalized spacial score (nSPS) is 16.4. The maximum Gasteiger partial charge on any atom is 0.261 e. The van der Waals surface area contributed by atoms with Crippen molar-refractivity contribution in [2.45, 2.75) is 63.7 Å². The van der Waals surface area contributed by atoms with E-state index in [0.717, 1.165) is 42.5 Å². The fourth-order valence-corrected chi connectivity index (χ4v) is 5.45. The van der Waals surface area contributed by atoms with Crippen molar-refractivity contribution in [1.82, 2.24) is 0 Å². The SMILES string of the molecule is CC(C)CCN1C(=O)CCc2cc(NS(=O)(=O)c3ccc4c(c3)CCCC4)ccc21. The molecule has 0 radical (unpaired) electrons. The number of benzene rings is 2. The minimum absolute atomic E-state index is 0.144. The molecule has 0 saturated carbocycles. The Balaban J connectivity index is 1.56. The van der Waals surface area contributed by atoms with Crippen molar-refractivity contribution < 1.29 is 13.2 Å². The molecule has 0 spiro atoms. The summed E-state index contributed by atoms with van der Waals surface area (Å²) in [6.45, 7) is 4.99. The van der Waals surface area contributed by atoms with Crippen LogP contribution in [0.1, 0.15) is 56.2 Å². The standard InChI is InChI=1S/C24H30N2O3S/c1-17(2)13-14-26-23-11-9-21(15-20(23)8-12-24(26)27)25-30(28,29)22-10-7-18-5-3-4-6-19(18)16-22/h7,9-11,15-17,25H,3-6,8,12-14H2,1-2H3. The number of rotatable bonds is 6. The lowest BCUT2D eigenvalue weighted by Gasteiger charge is -2.30. The molecule has 2 aliphatic rings. The molecule has 1 heterocycles. The summed E-state index contributed by atoms with van der Waals surface area (Å²) in [5.74, 6) is 0.663. The van der Waals surface area contributed by atoms with Crippen LogP contribution in [-0.2, 0) is 34.1 Å². The minimum atomic E-state index is -3.65. The van der Waals surface area contributed by atoms with E-state index in [4.69, 9.17) is 0 Å². The second-order valence-corrected chi connectivity index (χ2v) is 10.5. The van der Waals surface area contributed by atoms with Crippen LogP contribution < -0.4 is 9.62 Å². The van der Waals surface area contributed by atoms with Crippen molar-refractivity contribution >= 4 is 27.3 Å². The van der Waals surface area contributed by atoms with E-state index in [1.54, 1.807) is 12.1 Å². The lowest BCUT2D eigenvalue weighted by atomic mass is 9.92. The Morgan fingerprint density at radius 2 is 1.70 bits per heavy atom. The molecule has 1 amide bonds. The molecule has 5 nitrogen and oxygen atoms in total. The molecule has 0 unspecified atom stereocenters. The third-order valence-electron chi connectivity index (χ3n) is 6.09. The predicted molar refractivity (Wildman–Crippen MR) is 120 cm³/mol. The molecule has 4 rings (SSSR count). The Kier molecular flexibility index (Phi) is 5.87. The number of amides is 1. The van der Waals surface area contributed by atoms with Crippen molar-refractivity contribution in [2.24, 2.45) is 5.92 Å². The molecule has 160 valence electrons. The molecule has 0 fully saturated rings. The molecule has 0 saturated heterocycles. The van der Waals surface area contributed by atoms with Crippen LogP contribution >= 0.6 is 0 Å². The maximum absolute atomic E-state index is 13.0. The van der Waals surface area contributed by atoms with Crippen LogP contribution in [0.2, 0.25) is 0 Å². The minimum Gasteiger partial charge on any atom is -0.312 e. The Morgan fingerprint density at radius 3 is 2.47 bits per heavy atom. The number of nitrogens with one attached hydrogen (secondary N) is 1. The number of hydrogen-bond donors (Lipinski definition) is 1. The highest BCUT2D eigenvalue weighted by molar-refractivity contribution is 7.92. The van der Waals surface area contributed by atoms with Crippen molar-refractivity contribution in [1.29, 1.82) is 0 Å². The van der Waals surface area contributed by atoms with Crippen LogP contribution in [0.25, 0.3) is 0 Å². The van der Waals surface area contributed by atoms with E-state index in [-0.39, 0.29) is 5.91 Å². The van der Waals surface area contributed by atoms with Crippen molar-refractivity contribution in [2.75, 3.05) is 16.2 Å². The number of hydrogen-bond acceptors (Lipinski definition) is 3. The first-order valence-corrected chi connectivity index (χ1v) is 12.4. The van der Waals surface area contributed by atoms with Gasteiger partial charge in [0.25, 0.3) is 10.0 Å². The van der Waals surface area contributed by atoms with Gasteiger partial charge in [-0.05, 0) is 91.5 Å². The molecule has 6 heteroatoms. The number of carbonyl (C=O) groups excluding carboxylic acids is 1. The average Bonchev–Trinajstić information content (AvgIpc) is 2.72. The zero-order valence-corrected chi connectivity index (χ0v) is 18.6. The van der Waals surface area contributed by atoms with E-state index in [0.29, 0.717) is 35.9 Å². The van der Waals surface area contributed by atoms with Crippen molar-refractivity contribution in [3.8, 4) is 0 Å². The molecule has 0 atom stereocenters. The van der Waals surface area contributed by atoms with E-state index in [2.05, 4.69) is 18.6 Å². The van der Waals surface area contributed by atoms with Crippen LogP contribution in [0, 0.1) is 5.92 Å². The predicted octanol–water partition coefficient (Wildman–Crippen LogP) is 4.69. The van der Waals surface area contributed by atoms with E-state index < -0.39 is 10.0 Å². The number of anilines is 2. The molecular formula is C24H30N2O3S. The Hall–Kier alpha value is -2.34. The van der Waals surface area contributed by atoms with Gasteiger partial charge in [-0.1, -0.05) is 19.9 Å². The first-order valence-electron chi connectivity index (χ1n) is 10.9. The first kappa shape index (κ1) is 20.9. The summed E-state index contributed by atoms with van der Waals surface area (Å²) >= 11 is 0. The van der Waals surface area contributed by atoms with E-state index in [1.807, 2.05) is 29.2 Å². The monoisotopic (exact) mass is 426 g/mol. The molecule has 1 N–H and O–H groups in total. The van der Waals surface area contributed by atoms with E-state index in [9.17, 15) is 13.2 Å². The summed E-state index contributed by atoms with van der Waals surface area (Å²) in [4.78, 5) is 14.6. The summed E-state index contributed by atoms with van der Waals surface area (Å²) in [5, 5.41) is 0. The lowest BCUT2D eigenvalue weighted by Crippen LogP contribution is -2.36. The highest BCUT2D eigenvalue weighted by Crippen LogP contribution is 2.32. The molecule has 0 aromatic heterocycles. The highest BCUT2D eigenvalue weighted by Gasteiger charge is 2.25. The van der Waals surface area contributed by atoms with Gasteiger partial charge in [-0.25, -0.2) is 8.42 Å². The van der Waals surface area contributed by atoms with Gasteiger partial charge in [0.15, 0.2) is 0 Å². The Morgan fingerprint density at radius 1 is 0.933 bits per heavy atom. The highest BCUT2D eigenvalue weighted by atomic mass is 32.2. The van der Waals surface area contributed by atoms with Crippen LogP contribution in [0.4, 0.5) is 11.4 Å². The molecule has 30 heavy (non-hydrogen) atoms. The summed E-state index contributed by atoms with van der Waals surface area (Å²) in [6, 6.07) is 11.0. The van der Waals surface area contributed by atoms with Gasteiger partial charge in [0, 0.05) is 24.3 Å². The average molecular weight is 427 g/mol. The maximum atomic E-state index is 13.0. The zero-order valence-electron chi connectivity index (χ0n) is 17.8. The van der Waals surface area contributed by atoms with Gasteiger partial charge in [0.2, 0.25) is 5.91 Å². The lowest BCUT2D eigenvalue weighted by molar-refractivity contribution is -0.118. The quantitative estimate of drug-likeness (QED) is 0.729. The van der Waals surface area contributed by atoms with Crippen LogP contribution in [0.5, 0.6) is 0 Å². The smallest absolute Gasteiger partial charge is 0.261 e. The van der Waals surface area contributed by atoms with Crippen molar-refractivity contribution in [3.63, 3.8) is 0 Å². The summed E-state index contributed by atoms with van der Waals surface area (Å²) < 4.78 is 28.7. The Labute approximate surface area is 179 Å². The van der Waals surface area contributed by atoms with Gasteiger partial charge in [-0.15, -0.1) is 0 Å². The molecule has 2 aromatic rings. The summed E-state index contributed by atoms with van der Waals surface area (Å²) in [6.07, 6.45) is 6.30. The molecule has 0 bridgehead atoms. The largest absolute Gasteiger partial charge is 0.312 e. The second-order valence-electron chi connectivity index (χ2n) is 8.81. The fourth-order valence-electron chi connectivity index (χ4n) is 4.35. The Bertz CT molecular complexity index is 1060. The summed E-state index contributed by atoms with van der Waals surface area (Å²) in [5.41, 5.74) is 4.88. The molecule has 2 aromatic carbocycles. The van der Waals surface area contributed by atoms with Gasteiger partial charge < -0.3 is 4.90 Å². The number of aryl methyl sites for hydroxylation is 3. The van der Waals surface area contributed by atoms with Crippen LogP contribution in [0.15, 0.2) is 41.3 Å². The zero-order chi connectivity index (χ0) is 21.3. The van der Waals surface area contributed by atoms with Crippen molar-refractivity contribution in [3.05, 3.63) is 53.1 Å². The van der Waals surface area contributed by atoms with Crippen LogP contribution in [-0.4, -0.2) is 20.9 Å². The third-order valence-corrected chi connectivity index (χ3v) is 7.47. The van der Waals surface area contributed by atoms with Crippen LogP contribution in [0.3, 0.4) is 0 Å². The number of fused-ring (bicyclic) bond motifs is 2. The number of nitrogens with zero attached hydrogens (tertiary/aromatic N) is 1. The molecule has 1 aliphatic carbocycles. The molecule has 1 aliphatic heterocycles. The van der Waals surface area contributed by atoms with Gasteiger partial charge in [0.1, 0.15) is 0 Å². The number of carbonyl (C=O) groups is 1. The molecular weight excluding hydrogens is 396 g/mol. The van der Waals surface area contributed by atoms with E-state index >= 15 is 0 Å². The van der Waals surface area contributed by atoms with Gasteiger partial charge in [0.05, 0.1) is 4.90 Å².